The first-order chi connectivity index (χ1) is 8.33. The van der Waals surface area contributed by atoms with Crippen LogP contribution in [0.15, 0.2) is 30.3 Å². The van der Waals surface area contributed by atoms with Gasteiger partial charge in [-0.25, -0.2) is 4.39 Å². The quantitative estimate of drug-likeness (QED) is 0.751. The van der Waals surface area contributed by atoms with Crippen molar-refractivity contribution in [2.45, 2.75) is 31.1 Å². The number of alkyl halides is 1. The van der Waals surface area contributed by atoms with Gasteiger partial charge in [0.1, 0.15) is 12.3 Å². The topological polar surface area (TPSA) is 27.7 Å². The van der Waals surface area contributed by atoms with Crippen LogP contribution in [0.1, 0.15) is 18.3 Å². The van der Waals surface area contributed by atoms with Crippen molar-refractivity contribution in [1.29, 1.82) is 0 Å². The lowest BCUT2D eigenvalue weighted by molar-refractivity contribution is -0.284. The number of ether oxygens (including phenoxy) is 3. The zero-order valence-corrected chi connectivity index (χ0v) is 9.42. The third-order valence-electron chi connectivity index (χ3n) is 3.18. The van der Waals surface area contributed by atoms with Gasteiger partial charge < -0.3 is 14.2 Å². The highest BCUT2D eigenvalue weighted by Crippen LogP contribution is 2.32. The van der Waals surface area contributed by atoms with Gasteiger partial charge in [0.05, 0.1) is 19.3 Å². The molecule has 1 aromatic rings. The maximum atomic E-state index is 13.2. The normalized spacial score (nSPS) is 37.5. The zero-order valence-electron chi connectivity index (χ0n) is 9.42. The molecule has 3 nitrogen and oxygen atoms in total. The fourth-order valence-corrected chi connectivity index (χ4v) is 2.27. The lowest BCUT2D eigenvalue weighted by atomic mass is 10.0. The van der Waals surface area contributed by atoms with E-state index in [1.54, 1.807) is 0 Å². The maximum Gasteiger partial charge on any atom is 0.184 e. The zero-order chi connectivity index (χ0) is 11.7. The summed E-state index contributed by atoms with van der Waals surface area (Å²) in [6.45, 7) is 0.626. The van der Waals surface area contributed by atoms with E-state index < -0.39 is 12.5 Å². The molecule has 1 aromatic carbocycles. The third-order valence-corrected chi connectivity index (χ3v) is 3.18. The van der Waals surface area contributed by atoms with E-state index in [9.17, 15) is 4.39 Å². The predicted molar refractivity (Wildman–Crippen MR) is 59.3 cm³/mol. The van der Waals surface area contributed by atoms with Crippen LogP contribution in [0.4, 0.5) is 4.39 Å². The lowest BCUT2D eigenvalue weighted by Gasteiger charge is -2.40. The first-order valence-corrected chi connectivity index (χ1v) is 5.90. The molecule has 0 amide bonds. The minimum atomic E-state index is -0.925. The molecular formula is C13H15FO3. The Labute approximate surface area is 99.5 Å². The van der Waals surface area contributed by atoms with Gasteiger partial charge in [-0.3, -0.25) is 0 Å². The predicted octanol–water partition coefficient (Wildman–Crippen LogP) is 2.23. The Morgan fingerprint density at radius 3 is 2.65 bits per heavy atom. The molecule has 2 heterocycles. The maximum absolute atomic E-state index is 13.2. The second kappa shape index (κ2) is 4.72. The molecule has 17 heavy (non-hydrogen) atoms. The third kappa shape index (κ3) is 2.34. The fourth-order valence-electron chi connectivity index (χ4n) is 2.27. The Morgan fingerprint density at radius 2 is 1.82 bits per heavy atom. The molecular weight excluding hydrogens is 223 g/mol. The van der Waals surface area contributed by atoms with Gasteiger partial charge in [0, 0.05) is 12.0 Å². The molecule has 4 heteroatoms. The van der Waals surface area contributed by atoms with E-state index in [1.165, 1.54) is 0 Å². The van der Waals surface area contributed by atoms with Crippen LogP contribution in [0.2, 0.25) is 0 Å². The first-order valence-electron chi connectivity index (χ1n) is 5.90. The standard InChI is InChI=1S/C13H15FO3/c14-10-6-11-12(15-7-10)8-16-13(17-11)9-4-2-1-3-5-9/h1-5,10-13H,6-8H2/t10-,11+,12?,13?/m1/s1. The Hall–Kier alpha value is -0.970. The minimum Gasteiger partial charge on any atom is -0.370 e. The molecule has 2 unspecified atom stereocenters. The number of halogens is 1. The molecule has 0 saturated carbocycles. The number of hydrogen-bond acceptors (Lipinski definition) is 3. The average molecular weight is 238 g/mol. The first kappa shape index (κ1) is 11.1. The van der Waals surface area contributed by atoms with Gasteiger partial charge >= 0.3 is 0 Å². The van der Waals surface area contributed by atoms with Gasteiger partial charge in [-0.1, -0.05) is 30.3 Å². The molecule has 2 fully saturated rings. The Kier molecular flexibility index (Phi) is 3.09. The van der Waals surface area contributed by atoms with E-state index in [0.29, 0.717) is 13.0 Å². The molecule has 0 aromatic heterocycles. The van der Waals surface area contributed by atoms with Gasteiger partial charge in [-0.2, -0.15) is 0 Å². The van der Waals surface area contributed by atoms with E-state index in [2.05, 4.69) is 0 Å². The number of benzene rings is 1. The van der Waals surface area contributed by atoms with Crippen molar-refractivity contribution in [2.24, 2.45) is 0 Å². The van der Waals surface area contributed by atoms with Crippen LogP contribution in [-0.2, 0) is 14.2 Å². The van der Waals surface area contributed by atoms with E-state index in [4.69, 9.17) is 14.2 Å². The second-order valence-corrected chi connectivity index (χ2v) is 4.46. The number of hydrogen-bond donors (Lipinski definition) is 0. The molecule has 4 atom stereocenters. The molecule has 0 radical (unpaired) electrons. The van der Waals surface area contributed by atoms with E-state index >= 15 is 0 Å². The monoisotopic (exact) mass is 238 g/mol. The van der Waals surface area contributed by atoms with Crippen LogP contribution < -0.4 is 0 Å². The highest BCUT2D eigenvalue weighted by atomic mass is 19.1. The molecule has 2 aliphatic rings. The van der Waals surface area contributed by atoms with Crippen molar-refractivity contribution in [1.82, 2.24) is 0 Å². The van der Waals surface area contributed by atoms with Crippen molar-refractivity contribution < 1.29 is 18.6 Å². The summed E-state index contributed by atoms with van der Waals surface area (Å²) in [5.74, 6) is 0. The van der Waals surface area contributed by atoms with Gasteiger partial charge in [0.25, 0.3) is 0 Å². The summed E-state index contributed by atoms with van der Waals surface area (Å²) in [5.41, 5.74) is 0.965. The van der Waals surface area contributed by atoms with E-state index in [1.807, 2.05) is 30.3 Å². The summed E-state index contributed by atoms with van der Waals surface area (Å²) >= 11 is 0. The molecule has 2 aliphatic heterocycles. The molecule has 0 N–H and O–H groups in total. The highest BCUT2D eigenvalue weighted by Gasteiger charge is 2.38. The molecule has 0 bridgehead atoms. The summed E-state index contributed by atoms with van der Waals surface area (Å²) < 4.78 is 30.0. The van der Waals surface area contributed by atoms with E-state index in [0.717, 1.165) is 5.56 Å². The smallest absolute Gasteiger partial charge is 0.184 e. The van der Waals surface area contributed by atoms with Crippen molar-refractivity contribution in [3.05, 3.63) is 35.9 Å². The van der Waals surface area contributed by atoms with Gasteiger partial charge in [-0.05, 0) is 0 Å². The van der Waals surface area contributed by atoms with Crippen LogP contribution in [-0.4, -0.2) is 31.6 Å². The van der Waals surface area contributed by atoms with Crippen LogP contribution >= 0.6 is 0 Å². The summed E-state index contributed by atoms with van der Waals surface area (Å²) in [5, 5.41) is 0. The SMILES string of the molecule is F[C@H]1COC2COC(c3ccccc3)O[C@H]2C1. The number of rotatable bonds is 1. The lowest BCUT2D eigenvalue weighted by Crippen LogP contribution is -2.48. The average Bonchev–Trinajstić information content (AvgIpc) is 2.39. The van der Waals surface area contributed by atoms with Crippen molar-refractivity contribution in [3.8, 4) is 0 Å². The molecule has 0 spiro atoms. The summed E-state index contributed by atoms with van der Waals surface area (Å²) in [6.07, 6.45) is -1.24. The van der Waals surface area contributed by atoms with Crippen LogP contribution in [0.3, 0.4) is 0 Å². The fraction of sp³-hybridized carbons (Fsp3) is 0.538. The summed E-state index contributed by atoms with van der Waals surface area (Å²) in [7, 11) is 0. The second-order valence-electron chi connectivity index (χ2n) is 4.46. The molecule has 92 valence electrons. The van der Waals surface area contributed by atoms with E-state index in [-0.39, 0.29) is 18.8 Å². The van der Waals surface area contributed by atoms with Crippen molar-refractivity contribution in [3.63, 3.8) is 0 Å². The Morgan fingerprint density at radius 1 is 1.00 bits per heavy atom. The van der Waals surface area contributed by atoms with Crippen LogP contribution in [0, 0.1) is 0 Å². The van der Waals surface area contributed by atoms with Crippen molar-refractivity contribution in [2.75, 3.05) is 13.2 Å². The Balaban J connectivity index is 1.70. The Bertz CT molecular complexity index is 370. The van der Waals surface area contributed by atoms with Gasteiger partial charge in [0.15, 0.2) is 6.29 Å². The van der Waals surface area contributed by atoms with Gasteiger partial charge in [0.2, 0.25) is 0 Å². The van der Waals surface area contributed by atoms with Crippen LogP contribution in [0.25, 0.3) is 0 Å². The molecule has 0 aliphatic carbocycles. The summed E-state index contributed by atoms with van der Waals surface area (Å²) in [4.78, 5) is 0. The number of fused-ring (bicyclic) bond motifs is 1. The van der Waals surface area contributed by atoms with Crippen molar-refractivity contribution >= 4 is 0 Å². The molecule has 3 rings (SSSR count). The largest absolute Gasteiger partial charge is 0.370 e. The minimum absolute atomic E-state index is 0.123. The summed E-state index contributed by atoms with van der Waals surface area (Å²) in [6, 6.07) is 9.70. The van der Waals surface area contributed by atoms with Gasteiger partial charge in [-0.15, -0.1) is 0 Å². The molecule has 2 saturated heterocycles. The highest BCUT2D eigenvalue weighted by molar-refractivity contribution is 5.16. The van der Waals surface area contributed by atoms with Crippen LogP contribution in [0.5, 0.6) is 0 Å².